The lowest BCUT2D eigenvalue weighted by Crippen LogP contribution is -2.34. The smallest absolute Gasteiger partial charge is 0.224 e. The van der Waals surface area contributed by atoms with Crippen molar-refractivity contribution in [2.24, 2.45) is 5.73 Å². The number of carbonyl (C=O) groups is 1. The third-order valence-corrected chi connectivity index (χ3v) is 3.49. The lowest BCUT2D eigenvalue weighted by atomic mass is 9.96. The van der Waals surface area contributed by atoms with E-state index in [2.05, 4.69) is 0 Å². The first-order valence-electron chi connectivity index (χ1n) is 6.35. The number of halogens is 1. The van der Waals surface area contributed by atoms with Crippen LogP contribution >= 0.6 is 0 Å². The predicted molar refractivity (Wildman–Crippen MR) is 68.5 cm³/mol. The molecule has 2 unspecified atom stereocenters. The molecule has 0 aliphatic carbocycles. The standard InChI is InChI=1S/C14H19FN2O/c1-3-6-17-13(18)8-12(16)14(17)11-5-4-10(15)7-9(11)2/h4-5,7,12,14H,3,6,8,16H2,1-2H3. The van der Waals surface area contributed by atoms with Gasteiger partial charge in [-0.05, 0) is 36.6 Å². The van der Waals surface area contributed by atoms with Gasteiger partial charge in [0.05, 0.1) is 6.04 Å². The van der Waals surface area contributed by atoms with E-state index in [0.29, 0.717) is 13.0 Å². The Hall–Kier alpha value is -1.42. The number of hydrogen-bond acceptors (Lipinski definition) is 2. The van der Waals surface area contributed by atoms with E-state index in [1.165, 1.54) is 12.1 Å². The molecule has 98 valence electrons. The molecule has 2 rings (SSSR count). The molecule has 0 bridgehead atoms. The molecule has 1 amide bonds. The molecule has 2 atom stereocenters. The molecule has 1 heterocycles. The summed E-state index contributed by atoms with van der Waals surface area (Å²) >= 11 is 0. The van der Waals surface area contributed by atoms with E-state index >= 15 is 0 Å². The van der Waals surface area contributed by atoms with Crippen LogP contribution in [-0.4, -0.2) is 23.4 Å². The minimum absolute atomic E-state index is 0.0954. The van der Waals surface area contributed by atoms with Crippen LogP contribution in [0.4, 0.5) is 4.39 Å². The first-order chi connectivity index (χ1) is 8.54. The monoisotopic (exact) mass is 250 g/mol. The van der Waals surface area contributed by atoms with Gasteiger partial charge >= 0.3 is 0 Å². The molecule has 2 N–H and O–H groups in total. The quantitative estimate of drug-likeness (QED) is 0.893. The van der Waals surface area contributed by atoms with Gasteiger partial charge in [0.1, 0.15) is 5.82 Å². The van der Waals surface area contributed by atoms with Crippen molar-refractivity contribution in [3.05, 3.63) is 35.1 Å². The van der Waals surface area contributed by atoms with Gasteiger partial charge in [-0.3, -0.25) is 4.79 Å². The number of amides is 1. The van der Waals surface area contributed by atoms with Crippen molar-refractivity contribution in [1.82, 2.24) is 4.90 Å². The van der Waals surface area contributed by atoms with Crippen LogP contribution in [0.2, 0.25) is 0 Å². The third-order valence-electron chi connectivity index (χ3n) is 3.49. The number of carbonyl (C=O) groups excluding carboxylic acids is 1. The molecule has 1 aliphatic rings. The number of nitrogens with zero attached hydrogens (tertiary/aromatic N) is 1. The summed E-state index contributed by atoms with van der Waals surface area (Å²) in [6.07, 6.45) is 1.27. The molecule has 1 aromatic carbocycles. The Morgan fingerprint density at radius 1 is 1.50 bits per heavy atom. The fourth-order valence-corrected chi connectivity index (χ4v) is 2.69. The normalized spacial score (nSPS) is 23.8. The summed E-state index contributed by atoms with van der Waals surface area (Å²) in [5.74, 6) is -0.158. The fraction of sp³-hybridized carbons (Fsp3) is 0.500. The Labute approximate surface area is 107 Å². The van der Waals surface area contributed by atoms with Gasteiger partial charge in [0, 0.05) is 19.0 Å². The van der Waals surface area contributed by atoms with Crippen LogP contribution in [0.15, 0.2) is 18.2 Å². The summed E-state index contributed by atoms with van der Waals surface area (Å²) < 4.78 is 13.1. The van der Waals surface area contributed by atoms with Crippen LogP contribution in [0.5, 0.6) is 0 Å². The second kappa shape index (κ2) is 5.06. The average Bonchev–Trinajstić information content (AvgIpc) is 2.56. The lowest BCUT2D eigenvalue weighted by Gasteiger charge is -2.28. The summed E-state index contributed by atoms with van der Waals surface area (Å²) in [5.41, 5.74) is 7.89. The van der Waals surface area contributed by atoms with Crippen LogP contribution < -0.4 is 5.73 Å². The second-order valence-electron chi connectivity index (χ2n) is 4.90. The number of rotatable bonds is 3. The van der Waals surface area contributed by atoms with Gasteiger partial charge in [0.2, 0.25) is 5.91 Å². The predicted octanol–water partition coefficient (Wildman–Crippen LogP) is 2.14. The Morgan fingerprint density at radius 3 is 2.83 bits per heavy atom. The number of benzene rings is 1. The first kappa shape index (κ1) is 13.0. The third kappa shape index (κ3) is 2.25. The molecule has 1 aromatic rings. The molecule has 0 radical (unpaired) electrons. The Kier molecular flexibility index (Phi) is 3.66. The van der Waals surface area contributed by atoms with Crippen molar-refractivity contribution < 1.29 is 9.18 Å². The van der Waals surface area contributed by atoms with Gasteiger partial charge in [0.25, 0.3) is 0 Å². The minimum atomic E-state index is -0.254. The summed E-state index contributed by atoms with van der Waals surface area (Å²) in [6, 6.07) is 4.36. The topological polar surface area (TPSA) is 46.3 Å². The highest BCUT2D eigenvalue weighted by molar-refractivity contribution is 5.80. The molecule has 1 fully saturated rings. The minimum Gasteiger partial charge on any atom is -0.334 e. The molecule has 0 spiro atoms. The summed E-state index contributed by atoms with van der Waals surface area (Å²) in [6.45, 7) is 4.60. The van der Waals surface area contributed by atoms with Crippen LogP contribution in [0.25, 0.3) is 0 Å². The fourth-order valence-electron chi connectivity index (χ4n) is 2.69. The molecule has 1 saturated heterocycles. The summed E-state index contributed by atoms with van der Waals surface area (Å²) in [7, 11) is 0. The largest absolute Gasteiger partial charge is 0.334 e. The van der Waals surface area contributed by atoms with Gasteiger partial charge in [-0.15, -0.1) is 0 Å². The van der Waals surface area contributed by atoms with Gasteiger partial charge in [-0.1, -0.05) is 13.0 Å². The highest BCUT2D eigenvalue weighted by Crippen LogP contribution is 2.34. The van der Waals surface area contributed by atoms with E-state index in [1.54, 1.807) is 6.07 Å². The highest BCUT2D eigenvalue weighted by Gasteiger charge is 2.38. The Morgan fingerprint density at radius 2 is 2.22 bits per heavy atom. The molecule has 4 heteroatoms. The first-order valence-corrected chi connectivity index (χ1v) is 6.35. The maximum atomic E-state index is 13.1. The summed E-state index contributed by atoms with van der Waals surface area (Å²) in [5, 5.41) is 0. The number of hydrogen-bond donors (Lipinski definition) is 1. The highest BCUT2D eigenvalue weighted by atomic mass is 19.1. The van der Waals surface area contributed by atoms with Gasteiger partial charge in [-0.25, -0.2) is 4.39 Å². The molecule has 18 heavy (non-hydrogen) atoms. The molecular weight excluding hydrogens is 231 g/mol. The molecule has 0 aromatic heterocycles. The van der Waals surface area contributed by atoms with Gasteiger partial charge in [0.15, 0.2) is 0 Å². The van der Waals surface area contributed by atoms with E-state index in [1.807, 2.05) is 18.7 Å². The van der Waals surface area contributed by atoms with Gasteiger partial charge in [-0.2, -0.15) is 0 Å². The van der Waals surface area contributed by atoms with E-state index in [9.17, 15) is 9.18 Å². The lowest BCUT2D eigenvalue weighted by molar-refractivity contribution is -0.129. The summed E-state index contributed by atoms with van der Waals surface area (Å²) in [4.78, 5) is 13.7. The van der Waals surface area contributed by atoms with Gasteiger partial charge < -0.3 is 10.6 Å². The Balaban J connectivity index is 2.37. The van der Waals surface area contributed by atoms with Crippen LogP contribution in [0, 0.1) is 12.7 Å². The second-order valence-corrected chi connectivity index (χ2v) is 4.90. The zero-order valence-electron chi connectivity index (χ0n) is 10.8. The van der Waals surface area contributed by atoms with Crippen molar-refractivity contribution in [3.8, 4) is 0 Å². The molecule has 3 nitrogen and oxygen atoms in total. The van der Waals surface area contributed by atoms with E-state index in [0.717, 1.165) is 17.5 Å². The van der Waals surface area contributed by atoms with Crippen molar-refractivity contribution in [2.45, 2.75) is 38.8 Å². The van der Waals surface area contributed by atoms with Crippen molar-refractivity contribution in [2.75, 3.05) is 6.54 Å². The zero-order valence-corrected chi connectivity index (χ0v) is 10.8. The van der Waals surface area contributed by atoms with E-state index in [4.69, 9.17) is 5.73 Å². The van der Waals surface area contributed by atoms with Crippen molar-refractivity contribution >= 4 is 5.91 Å². The molecule has 1 aliphatic heterocycles. The van der Waals surface area contributed by atoms with Crippen LogP contribution in [-0.2, 0) is 4.79 Å². The molecule has 0 saturated carbocycles. The SMILES string of the molecule is CCCN1C(=O)CC(N)C1c1ccc(F)cc1C. The molecular formula is C14H19FN2O. The van der Waals surface area contributed by atoms with Crippen molar-refractivity contribution in [3.63, 3.8) is 0 Å². The number of nitrogens with two attached hydrogens (primary N) is 1. The number of likely N-dealkylation sites (tertiary alicyclic amines) is 1. The van der Waals surface area contributed by atoms with Crippen molar-refractivity contribution in [1.29, 1.82) is 0 Å². The maximum absolute atomic E-state index is 13.1. The van der Waals surface area contributed by atoms with E-state index in [-0.39, 0.29) is 23.8 Å². The van der Waals surface area contributed by atoms with Crippen LogP contribution in [0.1, 0.15) is 36.9 Å². The van der Waals surface area contributed by atoms with Crippen LogP contribution in [0.3, 0.4) is 0 Å². The van der Waals surface area contributed by atoms with E-state index < -0.39 is 0 Å². The number of aryl methyl sites for hydroxylation is 1. The average molecular weight is 250 g/mol. The maximum Gasteiger partial charge on any atom is 0.224 e. The zero-order chi connectivity index (χ0) is 13.3. The Bertz CT molecular complexity index is 461.